The average Bonchev–Trinajstić information content (AvgIpc) is 2.47. The maximum absolute atomic E-state index is 8.82. The molecule has 120 valence electrons. The smallest absolute Gasteiger partial charge is 0.186 e. The summed E-state index contributed by atoms with van der Waals surface area (Å²) in [6, 6.07) is 0. The second-order valence-electron chi connectivity index (χ2n) is 4.55. The highest BCUT2D eigenvalue weighted by atomic mass is 16.7. The van der Waals surface area contributed by atoms with Gasteiger partial charge in [-0.05, 0) is 6.42 Å². The van der Waals surface area contributed by atoms with Gasteiger partial charge < -0.3 is 33.5 Å². The van der Waals surface area contributed by atoms with Gasteiger partial charge in [0.15, 0.2) is 6.29 Å². The third-order valence-electron chi connectivity index (χ3n) is 3.32. The Bertz CT molecular complexity index is 251. The van der Waals surface area contributed by atoms with Crippen LogP contribution >= 0.6 is 0 Å². The number of rotatable bonds is 9. The lowest BCUT2D eigenvalue weighted by atomic mass is 9.98. The van der Waals surface area contributed by atoms with E-state index in [1.165, 1.54) is 0 Å². The van der Waals surface area contributed by atoms with Crippen LogP contribution in [0.3, 0.4) is 0 Å². The second-order valence-corrected chi connectivity index (χ2v) is 4.55. The molecule has 0 saturated carbocycles. The molecule has 0 bridgehead atoms. The van der Waals surface area contributed by atoms with Gasteiger partial charge in [-0.1, -0.05) is 0 Å². The molecule has 0 aliphatic carbocycles. The first-order valence-corrected chi connectivity index (χ1v) is 6.68. The molecule has 0 radical (unpaired) electrons. The first-order valence-electron chi connectivity index (χ1n) is 6.68. The molecule has 1 heterocycles. The van der Waals surface area contributed by atoms with Crippen LogP contribution in [0.1, 0.15) is 6.42 Å². The van der Waals surface area contributed by atoms with Gasteiger partial charge in [-0.2, -0.15) is 0 Å². The van der Waals surface area contributed by atoms with Gasteiger partial charge in [0.05, 0.1) is 13.2 Å². The van der Waals surface area contributed by atoms with Crippen LogP contribution in [-0.2, 0) is 28.4 Å². The van der Waals surface area contributed by atoms with Gasteiger partial charge in [0.2, 0.25) is 0 Å². The highest BCUT2D eigenvalue weighted by Gasteiger charge is 2.47. The Labute approximate surface area is 120 Å². The van der Waals surface area contributed by atoms with E-state index in [9.17, 15) is 0 Å². The minimum atomic E-state index is -0.581. The zero-order valence-electron chi connectivity index (χ0n) is 12.6. The fourth-order valence-corrected chi connectivity index (χ4v) is 2.38. The quantitative estimate of drug-likeness (QED) is 0.590. The van der Waals surface area contributed by atoms with E-state index in [-0.39, 0.29) is 24.9 Å². The zero-order chi connectivity index (χ0) is 15.0. The Morgan fingerprint density at radius 3 is 2.10 bits per heavy atom. The lowest BCUT2D eigenvalue weighted by molar-refractivity contribution is -0.313. The molecule has 1 saturated heterocycles. The largest absolute Gasteiger partial charge is 0.396 e. The monoisotopic (exact) mass is 294 g/mol. The van der Waals surface area contributed by atoms with Crippen molar-refractivity contribution in [3.8, 4) is 0 Å². The van der Waals surface area contributed by atoms with Crippen molar-refractivity contribution in [1.29, 1.82) is 0 Å². The molecule has 0 unspecified atom stereocenters. The van der Waals surface area contributed by atoms with Gasteiger partial charge in [-0.3, -0.25) is 0 Å². The molecule has 1 aliphatic rings. The summed E-state index contributed by atoms with van der Waals surface area (Å²) < 4.78 is 33.0. The molecule has 1 fully saturated rings. The molecule has 7 heteroatoms. The van der Waals surface area contributed by atoms with Crippen LogP contribution in [0.2, 0.25) is 0 Å². The molecule has 20 heavy (non-hydrogen) atoms. The van der Waals surface area contributed by atoms with Crippen molar-refractivity contribution in [3.63, 3.8) is 0 Å². The zero-order valence-corrected chi connectivity index (χ0v) is 12.6. The molecule has 0 spiro atoms. The fraction of sp³-hybridized carbons (Fsp3) is 1.00. The fourth-order valence-electron chi connectivity index (χ4n) is 2.38. The van der Waals surface area contributed by atoms with Crippen molar-refractivity contribution in [2.45, 2.75) is 37.1 Å². The summed E-state index contributed by atoms with van der Waals surface area (Å²) >= 11 is 0. The molecule has 5 atom stereocenters. The SMILES string of the molecule is COC[C@@H]1O[C@H](OCCCO)[C@@H](OC)[C@@H](OC)[C@@H]1OC. The standard InChI is InChI=1S/C13H26O7/c1-15-8-9-10(16-2)11(17-3)12(18-4)13(20-9)19-7-5-6-14/h9-14H,5-8H2,1-4H3/t9-,10+,11-,12-,13-/m0/s1. The Kier molecular flexibility index (Phi) is 8.55. The summed E-state index contributed by atoms with van der Waals surface area (Å²) in [4.78, 5) is 0. The van der Waals surface area contributed by atoms with Crippen LogP contribution in [-0.4, -0.2) is 84.1 Å². The van der Waals surface area contributed by atoms with Gasteiger partial charge >= 0.3 is 0 Å². The molecular weight excluding hydrogens is 268 g/mol. The van der Waals surface area contributed by atoms with Crippen LogP contribution < -0.4 is 0 Å². The summed E-state index contributed by atoms with van der Waals surface area (Å²) in [5.41, 5.74) is 0. The molecule has 0 aromatic rings. The van der Waals surface area contributed by atoms with Crippen molar-refractivity contribution in [1.82, 2.24) is 0 Å². The van der Waals surface area contributed by atoms with Crippen molar-refractivity contribution >= 4 is 0 Å². The first kappa shape index (κ1) is 17.8. The summed E-state index contributed by atoms with van der Waals surface area (Å²) in [6.45, 7) is 0.823. The molecular formula is C13H26O7. The first-order chi connectivity index (χ1) is 9.73. The third kappa shape index (κ3) is 4.36. The Hall–Kier alpha value is -0.280. The Morgan fingerprint density at radius 1 is 0.950 bits per heavy atom. The minimum Gasteiger partial charge on any atom is -0.396 e. The Morgan fingerprint density at radius 2 is 1.60 bits per heavy atom. The van der Waals surface area contributed by atoms with Gasteiger partial charge in [0.25, 0.3) is 0 Å². The third-order valence-corrected chi connectivity index (χ3v) is 3.32. The Balaban J connectivity index is 2.77. The van der Waals surface area contributed by atoms with Crippen LogP contribution in [0.5, 0.6) is 0 Å². The topological polar surface area (TPSA) is 75.6 Å². The highest BCUT2D eigenvalue weighted by molar-refractivity contribution is 4.92. The van der Waals surface area contributed by atoms with Crippen LogP contribution in [0.15, 0.2) is 0 Å². The van der Waals surface area contributed by atoms with Gasteiger partial charge in [-0.15, -0.1) is 0 Å². The normalized spacial score (nSPS) is 34.4. The van der Waals surface area contributed by atoms with E-state index in [0.717, 1.165) is 0 Å². The van der Waals surface area contributed by atoms with Crippen molar-refractivity contribution < 1.29 is 33.5 Å². The maximum Gasteiger partial charge on any atom is 0.186 e. The molecule has 0 aromatic heterocycles. The molecule has 1 rings (SSSR count). The predicted octanol–water partition coefficient (Wildman–Crippen LogP) is -0.198. The molecule has 1 N–H and O–H groups in total. The molecule has 1 aliphatic heterocycles. The number of aliphatic hydroxyl groups is 1. The molecule has 0 aromatic carbocycles. The minimum absolute atomic E-state index is 0.0697. The van der Waals surface area contributed by atoms with Crippen molar-refractivity contribution in [2.24, 2.45) is 0 Å². The molecule has 0 amide bonds. The van der Waals surface area contributed by atoms with Crippen LogP contribution in [0, 0.1) is 0 Å². The number of hydrogen-bond acceptors (Lipinski definition) is 7. The van der Waals surface area contributed by atoms with E-state index in [0.29, 0.717) is 19.6 Å². The number of methoxy groups -OCH3 is 4. The van der Waals surface area contributed by atoms with E-state index in [4.69, 9.17) is 33.5 Å². The van der Waals surface area contributed by atoms with E-state index in [2.05, 4.69) is 0 Å². The van der Waals surface area contributed by atoms with E-state index >= 15 is 0 Å². The number of ether oxygens (including phenoxy) is 6. The van der Waals surface area contributed by atoms with E-state index in [1.807, 2.05) is 0 Å². The summed E-state index contributed by atoms with van der Waals surface area (Å²) in [6.07, 6.45) is -1.38. The lowest BCUT2D eigenvalue weighted by Gasteiger charge is -2.44. The van der Waals surface area contributed by atoms with Gasteiger partial charge in [0, 0.05) is 35.0 Å². The van der Waals surface area contributed by atoms with Crippen molar-refractivity contribution in [2.75, 3.05) is 48.3 Å². The molecule has 7 nitrogen and oxygen atoms in total. The summed E-state index contributed by atoms with van der Waals surface area (Å²) in [7, 11) is 6.37. The number of aliphatic hydroxyl groups excluding tert-OH is 1. The van der Waals surface area contributed by atoms with E-state index < -0.39 is 12.4 Å². The summed E-state index contributed by atoms with van der Waals surface area (Å²) in [5.74, 6) is 0. The lowest BCUT2D eigenvalue weighted by Crippen LogP contribution is -2.61. The van der Waals surface area contributed by atoms with E-state index in [1.54, 1.807) is 28.4 Å². The van der Waals surface area contributed by atoms with Crippen LogP contribution in [0.4, 0.5) is 0 Å². The highest BCUT2D eigenvalue weighted by Crippen LogP contribution is 2.28. The van der Waals surface area contributed by atoms with Gasteiger partial charge in [0.1, 0.15) is 24.4 Å². The predicted molar refractivity (Wildman–Crippen MR) is 70.6 cm³/mol. The number of hydrogen-bond donors (Lipinski definition) is 1. The maximum atomic E-state index is 8.82. The van der Waals surface area contributed by atoms with Crippen molar-refractivity contribution in [3.05, 3.63) is 0 Å². The summed E-state index contributed by atoms with van der Waals surface area (Å²) in [5, 5.41) is 8.82. The average molecular weight is 294 g/mol. The van der Waals surface area contributed by atoms with Gasteiger partial charge in [-0.25, -0.2) is 0 Å². The van der Waals surface area contributed by atoms with Crippen LogP contribution in [0.25, 0.3) is 0 Å². The second kappa shape index (κ2) is 9.62.